The van der Waals surface area contributed by atoms with Gasteiger partial charge in [0.1, 0.15) is 6.54 Å². The highest BCUT2D eigenvalue weighted by Gasteiger charge is 2.18. The van der Waals surface area contributed by atoms with Crippen molar-refractivity contribution in [3.05, 3.63) is 59.1 Å². The molecule has 0 unspecified atom stereocenters. The fraction of sp³-hybridized carbons (Fsp3) is 0.300. The summed E-state index contributed by atoms with van der Waals surface area (Å²) in [5.74, 6) is -0.470. The van der Waals surface area contributed by atoms with E-state index in [1.54, 1.807) is 24.3 Å². The van der Waals surface area contributed by atoms with E-state index in [-0.39, 0.29) is 23.8 Å². The number of hydrogen-bond donors (Lipinski definition) is 1. The number of nitrogens with zero attached hydrogens (tertiary/aromatic N) is 1. The van der Waals surface area contributed by atoms with Gasteiger partial charge in [-0.25, -0.2) is 0 Å². The van der Waals surface area contributed by atoms with Gasteiger partial charge in [-0.15, -0.1) is 0 Å². The molecular formula is C20H23ClN2O2. The average Bonchev–Trinajstić information content (AvgIpc) is 2.51. The van der Waals surface area contributed by atoms with Crippen LogP contribution >= 0.6 is 11.6 Å². The van der Waals surface area contributed by atoms with Gasteiger partial charge in [0.15, 0.2) is 0 Å². The van der Waals surface area contributed by atoms with Crippen molar-refractivity contribution < 1.29 is 9.59 Å². The molecule has 5 heteroatoms. The molecule has 1 N–H and O–H groups in total. The molecule has 2 rings (SSSR count). The summed E-state index contributed by atoms with van der Waals surface area (Å²) in [6.07, 6.45) is 0. The number of rotatable bonds is 4. The highest BCUT2D eigenvalue weighted by Crippen LogP contribution is 2.25. The van der Waals surface area contributed by atoms with E-state index in [1.165, 1.54) is 17.4 Å². The fourth-order valence-corrected chi connectivity index (χ4v) is 2.63. The summed E-state index contributed by atoms with van der Waals surface area (Å²) in [4.78, 5) is 25.7. The van der Waals surface area contributed by atoms with Crippen LogP contribution in [0.2, 0.25) is 5.02 Å². The van der Waals surface area contributed by atoms with Gasteiger partial charge < -0.3 is 10.2 Å². The van der Waals surface area contributed by atoms with E-state index in [0.29, 0.717) is 16.4 Å². The maximum Gasteiger partial charge on any atom is 0.244 e. The first-order valence-electron chi connectivity index (χ1n) is 8.11. The Morgan fingerprint density at radius 3 is 2.24 bits per heavy atom. The van der Waals surface area contributed by atoms with Gasteiger partial charge in [-0.1, -0.05) is 50.6 Å². The van der Waals surface area contributed by atoms with Gasteiger partial charge in [0.25, 0.3) is 0 Å². The van der Waals surface area contributed by atoms with Crippen molar-refractivity contribution in [2.24, 2.45) is 0 Å². The number of halogens is 1. The third-order valence-electron chi connectivity index (χ3n) is 3.84. The Morgan fingerprint density at radius 2 is 1.72 bits per heavy atom. The van der Waals surface area contributed by atoms with Gasteiger partial charge in [0.05, 0.1) is 0 Å². The lowest BCUT2D eigenvalue weighted by Gasteiger charge is -2.23. The van der Waals surface area contributed by atoms with Gasteiger partial charge in [-0.2, -0.15) is 0 Å². The van der Waals surface area contributed by atoms with Crippen LogP contribution in [0, 0.1) is 0 Å². The lowest BCUT2D eigenvalue weighted by Crippen LogP contribution is -2.36. The summed E-state index contributed by atoms with van der Waals surface area (Å²) in [6.45, 7) is 7.77. The highest BCUT2D eigenvalue weighted by atomic mass is 35.5. The van der Waals surface area contributed by atoms with Crippen molar-refractivity contribution in [2.45, 2.75) is 33.1 Å². The van der Waals surface area contributed by atoms with E-state index in [1.807, 2.05) is 24.3 Å². The molecule has 0 saturated heterocycles. The molecule has 0 radical (unpaired) electrons. The standard InChI is InChI=1S/C20H23ClN2O2/c1-14(24)23(18-10-8-15(9-11-18)20(2,3)4)13-19(25)22-17-7-5-6-16(21)12-17/h5-12H,13H2,1-4H3,(H,22,25). The molecular weight excluding hydrogens is 336 g/mol. The molecule has 0 heterocycles. The van der Waals surface area contributed by atoms with Crippen LogP contribution in [0.25, 0.3) is 0 Å². The van der Waals surface area contributed by atoms with Gasteiger partial charge in [0, 0.05) is 23.3 Å². The lowest BCUT2D eigenvalue weighted by molar-refractivity contribution is -0.120. The van der Waals surface area contributed by atoms with E-state index >= 15 is 0 Å². The molecule has 25 heavy (non-hydrogen) atoms. The van der Waals surface area contributed by atoms with Crippen LogP contribution in [-0.2, 0) is 15.0 Å². The fourth-order valence-electron chi connectivity index (χ4n) is 2.44. The first-order chi connectivity index (χ1) is 11.7. The van der Waals surface area contributed by atoms with Crippen LogP contribution < -0.4 is 10.2 Å². The molecule has 0 aromatic heterocycles. The lowest BCUT2D eigenvalue weighted by atomic mass is 9.87. The second-order valence-corrected chi connectivity index (χ2v) is 7.40. The third-order valence-corrected chi connectivity index (χ3v) is 4.07. The van der Waals surface area contributed by atoms with E-state index in [9.17, 15) is 9.59 Å². The zero-order valence-electron chi connectivity index (χ0n) is 15.0. The topological polar surface area (TPSA) is 49.4 Å². The largest absolute Gasteiger partial charge is 0.324 e. The SMILES string of the molecule is CC(=O)N(CC(=O)Nc1cccc(Cl)c1)c1ccc(C(C)(C)C)cc1. The van der Waals surface area contributed by atoms with Gasteiger partial charge in [0.2, 0.25) is 11.8 Å². The smallest absolute Gasteiger partial charge is 0.244 e. The summed E-state index contributed by atoms with van der Waals surface area (Å²) < 4.78 is 0. The molecule has 0 spiro atoms. The maximum absolute atomic E-state index is 12.3. The Labute approximate surface area is 153 Å². The summed E-state index contributed by atoms with van der Waals surface area (Å²) in [7, 11) is 0. The average molecular weight is 359 g/mol. The Morgan fingerprint density at radius 1 is 1.08 bits per heavy atom. The Bertz CT molecular complexity index is 764. The third kappa shape index (κ3) is 5.33. The van der Waals surface area contributed by atoms with Crippen LogP contribution in [-0.4, -0.2) is 18.4 Å². The van der Waals surface area contributed by atoms with Gasteiger partial charge in [-0.3, -0.25) is 9.59 Å². The summed E-state index contributed by atoms with van der Waals surface area (Å²) in [6, 6.07) is 14.6. The zero-order valence-corrected chi connectivity index (χ0v) is 15.7. The molecule has 0 bridgehead atoms. The predicted octanol–water partition coefficient (Wildman–Crippen LogP) is 4.63. The van der Waals surface area contributed by atoms with E-state index in [2.05, 4.69) is 26.1 Å². The highest BCUT2D eigenvalue weighted by molar-refractivity contribution is 6.30. The summed E-state index contributed by atoms with van der Waals surface area (Å²) >= 11 is 5.92. The molecule has 132 valence electrons. The number of anilines is 2. The predicted molar refractivity (Wildman–Crippen MR) is 103 cm³/mol. The summed E-state index contributed by atoms with van der Waals surface area (Å²) in [5, 5.41) is 3.30. The van der Waals surface area contributed by atoms with Crippen molar-refractivity contribution in [3.8, 4) is 0 Å². The van der Waals surface area contributed by atoms with Gasteiger partial charge in [-0.05, 0) is 41.3 Å². The molecule has 0 aliphatic carbocycles. The number of nitrogens with one attached hydrogen (secondary N) is 1. The molecule has 0 aliphatic rings. The minimum atomic E-state index is -0.280. The molecule has 0 atom stereocenters. The normalized spacial score (nSPS) is 11.1. The zero-order chi connectivity index (χ0) is 18.6. The minimum absolute atomic E-state index is 0.0313. The molecule has 4 nitrogen and oxygen atoms in total. The van der Waals surface area contributed by atoms with Crippen molar-refractivity contribution >= 4 is 34.8 Å². The van der Waals surface area contributed by atoms with Crippen LogP contribution in [0.15, 0.2) is 48.5 Å². The number of hydrogen-bond acceptors (Lipinski definition) is 2. The maximum atomic E-state index is 12.3. The molecule has 2 aromatic rings. The molecule has 0 fully saturated rings. The van der Waals surface area contributed by atoms with E-state index in [0.717, 1.165) is 0 Å². The number of carbonyl (C=O) groups excluding carboxylic acids is 2. The molecule has 0 saturated carbocycles. The molecule has 2 aromatic carbocycles. The van der Waals surface area contributed by atoms with Crippen molar-refractivity contribution in [1.29, 1.82) is 0 Å². The Hall–Kier alpha value is -2.33. The second kappa shape index (κ2) is 7.70. The van der Waals surface area contributed by atoms with Crippen LogP contribution in [0.5, 0.6) is 0 Å². The molecule has 2 amide bonds. The van der Waals surface area contributed by atoms with E-state index < -0.39 is 0 Å². The first kappa shape index (κ1) is 19.0. The number of amides is 2. The van der Waals surface area contributed by atoms with Crippen LogP contribution in [0.4, 0.5) is 11.4 Å². The minimum Gasteiger partial charge on any atom is -0.324 e. The monoisotopic (exact) mass is 358 g/mol. The number of benzene rings is 2. The van der Waals surface area contributed by atoms with Crippen LogP contribution in [0.1, 0.15) is 33.3 Å². The van der Waals surface area contributed by atoms with Crippen LogP contribution in [0.3, 0.4) is 0 Å². The Kier molecular flexibility index (Phi) is 5.85. The van der Waals surface area contributed by atoms with Crippen molar-refractivity contribution in [1.82, 2.24) is 0 Å². The van der Waals surface area contributed by atoms with Crippen molar-refractivity contribution in [3.63, 3.8) is 0 Å². The second-order valence-electron chi connectivity index (χ2n) is 6.96. The Balaban J connectivity index is 2.13. The number of carbonyl (C=O) groups is 2. The van der Waals surface area contributed by atoms with E-state index in [4.69, 9.17) is 11.6 Å². The molecule has 0 aliphatic heterocycles. The van der Waals surface area contributed by atoms with Gasteiger partial charge >= 0.3 is 0 Å². The van der Waals surface area contributed by atoms with Crippen molar-refractivity contribution in [2.75, 3.05) is 16.8 Å². The first-order valence-corrected chi connectivity index (χ1v) is 8.48. The summed E-state index contributed by atoms with van der Waals surface area (Å²) in [5.41, 5.74) is 2.50. The quantitative estimate of drug-likeness (QED) is 0.866.